The quantitative estimate of drug-likeness (QED) is 0.761. The second-order valence-electron chi connectivity index (χ2n) is 5.34. The van der Waals surface area contributed by atoms with E-state index in [2.05, 4.69) is 6.07 Å². The van der Waals surface area contributed by atoms with Crippen LogP contribution in [0.5, 0.6) is 0 Å². The molecule has 0 atom stereocenters. The highest BCUT2D eigenvalue weighted by Crippen LogP contribution is 2.50. The van der Waals surface area contributed by atoms with Gasteiger partial charge in [0.2, 0.25) is 5.91 Å². The van der Waals surface area contributed by atoms with Gasteiger partial charge in [-0.15, -0.1) is 0 Å². The number of hydrogen-bond donors (Lipinski definition) is 0. The first-order valence-electron chi connectivity index (χ1n) is 6.58. The maximum Gasteiger partial charge on any atom is 0.316 e. The van der Waals surface area contributed by atoms with Crippen molar-refractivity contribution in [2.75, 3.05) is 18.6 Å². The molecule has 1 aliphatic carbocycles. The molecule has 4 heteroatoms. The fraction of sp³-hybridized carbons (Fsp3) is 0.467. The number of benzene rings is 1. The molecule has 1 aromatic rings. The van der Waals surface area contributed by atoms with Gasteiger partial charge in [-0.1, -0.05) is 12.1 Å². The Morgan fingerprint density at radius 2 is 2.05 bits per heavy atom. The molecule has 2 aliphatic rings. The summed E-state index contributed by atoms with van der Waals surface area (Å²) in [6.07, 6.45) is 2.57. The summed E-state index contributed by atoms with van der Waals surface area (Å²) in [7, 11) is 1.44. The second kappa shape index (κ2) is 4.08. The fourth-order valence-electron chi connectivity index (χ4n) is 2.96. The third-order valence-corrected chi connectivity index (χ3v) is 4.23. The van der Waals surface area contributed by atoms with Crippen LogP contribution < -0.4 is 4.90 Å². The van der Waals surface area contributed by atoms with Crippen LogP contribution in [-0.2, 0) is 26.2 Å². The number of nitrogens with zero attached hydrogens (tertiary/aromatic N) is 1. The molecule has 1 fully saturated rings. The van der Waals surface area contributed by atoms with Gasteiger partial charge in [-0.05, 0) is 36.5 Å². The highest BCUT2D eigenvalue weighted by Gasteiger charge is 2.52. The SMILES string of the molecule is COC(=O)C1(c2ccc3c(c2)CCN3C(C)=O)CC1. The zero-order valence-corrected chi connectivity index (χ0v) is 11.2. The Bertz CT molecular complexity index is 561. The molecule has 1 amide bonds. The number of esters is 1. The minimum absolute atomic E-state index is 0.0700. The van der Waals surface area contributed by atoms with Crippen LogP contribution in [0.25, 0.3) is 0 Å². The maximum absolute atomic E-state index is 11.9. The smallest absolute Gasteiger partial charge is 0.316 e. The predicted octanol–water partition coefficient (Wildman–Crippen LogP) is 1.80. The highest BCUT2D eigenvalue weighted by molar-refractivity contribution is 5.94. The van der Waals surface area contributed by atoms with Crippen molar-refractivity contribution in [3.63, 3.8) is 0 Å². The summed E-state index contributed by atoms with van der Waals surface area (Å²) in [6.45, 7) is 2.32. The average Bonchev–Trinajstić information content (AvgIpc) is 3.11. The second-order valence-corrected chi connectivity index (χ2v) is 5.34. The molecule has 100 valence electrons. The van der Waals surface area contributed by atoms with Gasteiger partial charge in [-0.25, -0.2) is 0 Å². The summed E-state index contributed by atoms with van der Waals surface area (Å²) in [4.78, 5) is 25.2. The summed E-state index contributed by atoms with van der Waals surface area (Å²) >= 11 is 0. The van der Waals surface area contributed by atoms with Crippen molar-refractivity contribution >= 4 is 17.6 Å². The Morgan fingerprint density at radius 3 is 2.63 bits per heavy atom. The molecule has 1 heterocycles. The number of fused-ring (bicyclic) bond motifs is 1. The molecule has 0 saturated heterocycles. The number of carbonyl (C=O) groups excluding carboxylic acids is 2. The Balaban J connectivity index is 1.96. The molecule has 1 aromatic carbocycles. The lowest BCUT2D eigenvalue weighted by molar-refractivity contribution is -0.143. The topological polar surface area (TPSA) is 46.6 Å². The Morgan fingerprint density at radius 1 is 1.32 bits per heavy atom. The third kappa shape index (κ3) is 1.74. The molecule has 1 aliphatic heterocycles. The standard InChI is InChI=1S/C15H17NO3/c1-10(17)16-8-5-11-9-12(3-4-13(11)16)15(6-7-15)14(18)19-2/h3-4,9H,5-8H2,1-2H3. The van der Waals surface area contributed by atoms with Crippen molar-refractivity contribution in [2.45, 2.75) is 31.6 Å². The number of rotatable bonds is 2. The van der Waals surface area contributed by atoms with E-state index < -0.39 is 5.41 Å². The van der Waals surface area contributed by atoms with Gasteiger partial charge in [0.15, 0.2) is 0 Å². The van der Waals surface area contributed by atoms with Crippen molar-refractivity contribution < 1.29 is 14.3 Å². The normalized spacial score (nSPS) is 18.9. The zero-order valence-electron chi connectivity index (χ0n) is 11.2. The van der Waals surface area contributed by atoms with E-state index in [9.17, 15) is 9.59 Å². The molecule has 0 bridgehead atoms. The molecule has 0 N–H and O–H groups in total. The lowest BCUT2D eigenvalue weighted by Crippen LogP contribution is -2.25. The van der Waals surface area contributed by atoms with Gasteiger partial charge in [0.05, 0.1) is 12.5 Å². The zero-order chi connectivity index (χ0) is 13.6. The van der Waals surface area contributed by atoms with Crippen LogP contribution >= 0.6 is 0 Å². The van der Waals surface area contributed by atoms with E-state index in [-0.39, 0.29) is 11.9 Å². The van der Waals surface area contributed by atoms with E-state index in [0.717, 1.165) is 42.6 Å². The molecule has 19 heavy (non-hydrogen) atoms. The monoisotopic (exact) mass is 259 g/mol. The molecule has 1 saturated carbocycles. The molecular formula is C15H17NO3. The van der Waals surface area contributed by atoms with Crippen molar-refractivity contribution in [3.05, 3.63) is 29.3 Å². The Labute approximate surface area is 112 Å². The molecular weight excluding hydrogens is 242 g/mol. The first-order chi connectivity index (χ1) is 9.08. The van der Waals surface area contributed by atoms with E-state index in [1.165, 1.54) is 7.11 Å². The molecule has 3 rings (SSSR count). The summed E-state index contributed by atoms with van der Waals surface area (Å²) in [6, 6.07) is 5.99. The lowest BCUT2D eigenvalue weighted by Gasteiger charge is -2.17. The minimum Gasteiger partial charge on any atom is -0.468 e. The number of methoxy groups -OCH3 is 1. The van der Waals surface area contributed by atoms with Gasteiger partial charge in [0.1, 0.15) is 0 Å². The first-order valence-corrected chi connectivity index (χ1v) is 6.58. The van der Waals surface area contributed by atoms with Crippen LogP contribution in [0.4, 0.5) is 5.69 Å². The average molecular weight is 259 g/mol. The largest absolute Gasteiger partial charge is 0.468 e. The molecule has 0 radical (unpaired) electrons. The van der Waals surface area contributed by atoms with E-state index in [1.54, 1.807) is 11.8 Å². The summed E-state index contributed by atoms with van der Waals surface area (Å²) in [5.74, 6) is -0.0746. The van der Waals surface area contributed by atoms with Gasteiger partial charge < -0.3 is 9.64 Å². The molecule has 0 aromatic heterocycles. The predicted molar refractivity (Wildman–Crippen MR) is 71.1 cm³/mol. The summed E-state index contributed by atoms with van der Waals surface area (Å²) in [5, 5.41) is 0. The number of hydrogen-bond acceptors (Lipinski definition) is 3. The van der Waals surface area contributed by atoms with Crippen LogP contribution in [-0.4, -0.2) is 25.5 Å². The van der Waals surface area contributed by atoms with Gasteiger partial charge in [-0.3, -0.25) is 9.59 Å². The fourth-order valence-corrected chi connectivity index (χ4v) is 2.96. The molecule has 4 nitrogen and oxygen atoms in total. The van der Waals surface area contributed by atoms with Crippen LogP contribution in [0.1, 0.15) is 30.9 Å². The summed E-state index contributed by atoms with van der Waals surface area (Å²) < 4.78 is 4.91. The van der Waals surface area contributed by atoms with Crippen LogP contribution in [0, 0.1) is 0 Å². The minimum atomic E-state index is -0.423. The van der Waals surface area contributed by atoms with E-state index in [0.29, 0.717) is 0 Å². The molecule has 0 unspecified atom stereocenters. The van der Waals surface area contributed by atoms with E-state index in [1.807, 2.05) is 12.1 Å². The lowest BCUT2D eigenvalue weighted by atomic mass is 9.93. The van der Waals surface area contributed by atoms with Gasteiger partial charge in [0.25, 0.3) is 0 Å². The van der Waals surface area contributed by atoms with Crippen LogP contribution in [0.2, 0.25) is 0 Å². The number of anilines is 1. The van der Waals surface area contributed by atoms with Gasteiger partial charge in [-0.2, -0.15) is 0 Å². The maximum atomic E-state index is 11.9. The van der Waals surface area contributed by atoms with Crippen molar-refractivity contribution in [1.82, 2.24) is 0 Å². The molecule has 0 spiro atoms. The first kappa shape index (κ1) is 12.2. The highest BCUT2D eigenvalue weighted by atomic mass is 16.5. The van der Waals surface area contributed by atoms with Crippen molar-refractivity contribution in [3.8, 4) is 0 Å². The van der Waals surface area contributed by atoms with Crippen LogP contribution in [0.15, 0.2) is 18.2 Å². The van der Waals surface area contributed by atoms with Crippen molar-refractivity contribution in [1.29, 1.82) is 0 Å². The number of ether oxygens (including phenoxy) is 1. The third-order valence-electron chi connectivity index (χ3n) is 4.23. The number of carbonyl (C=O) groups is 2. The van der Waals surface area contributed by atoms with Gasteiger partial charge in [0, 0.05) is 19.2 Å². The van der Waals surface area contributed by atoms with Crippen molar-refractivity contribution in [2.24, 2.45) is 0 Å². The Hall–Kier alpha value is -1.84. The summed E-state index contributed by atoms with van der Waals surface area (Å²) in [5.41, 5.74) is 2.75. The van der Waals surface area contributed by atoms with Gasteiger partial charge >= 0.3 is 5.97 Å². The van der Waals surface area contributed by atoms with E-state index in [4.69, 9.17) is 4.74 Å². The Kier molecular flexibility index (Phi) is 2.62. The number of amides is 1. The van der Waals surface area contributed by atoms with E-state index >= 15 is 0 Å². The van der Waals surface area contributed by atoms with Crippen LogP contribution in [0.3, 0.4) is 0 Å².